The first-order chi connectivity index (χ1) is 9.20. The van der Waals surface area contributed by atoms with Crippen molar-refractivity contribution in [3.05, 3.63) is 36.1 Å². The Morgan fingerprint density at radius 2 is 2.32 bits per heavy atom. The van der Waals surface area contributed by atoms with Crippen molar-refractivity contribution in [3.63, 3.8) is 0 Å². The highest BCUT2D eigenvalue weighted by Gasteiger charge is 2.34. The van der Waals surface area contributed by atoms with E-state index in [1.165, 1.54) is 36.3 Å². The summed E-state index contributed by atoms with van der Waals surface area (Å²) in [4.78, 5) is 15.9. The summed E-state index contributed by atoms with van der Waals surface area (Å²) in [6.45, 7) is 0. The predicted molar refractivity (Wildman–Crippen MR) is 62.3 cm³/mol. The SMILES string of the molecule is COC(=O)C1=C(n2cnnn2)[C@@H]2C=C(F)C=CC2=N1. The summed E-state index contributed by atoms with van der Waals surface area (Å²) in [6, 6.07) is 0. The average molecular weight is 261 g/mol. The Morgan fingerprint density at radius 1 is 1.47 bits per heavy atom. The number of esters is 1. The summed E-state index contributed by atoms with van der Waals surface area (Å²) >= 11 is 0. The maximum atomic E-state index is 13.4. The van der Waals surface area contributed by atoms with Crippen LogP contribution in [0.25, 0.3) is 5.70 Å². The molecule has 0 bridgehead atoms. The van der Waals surface area contributed by atoms with E-state index in [9.17, 15) is 9.18 Å². The smallest absolute Gasteiger partial charge is 0.358 e. The van der Waals surface area contributed by atoms with Crippen molar-refractivity contribution < 1.29 is 13.9 Å². The van der Waals surface area contributed by atoms with Gasteiger partial charge in [-0.1, -0.05) is 0 Å². The molecule has 19 heavy (non-hydrogen) atoms. The van der Waals surface area contributed by atoms with Crippen LogP contribution in [0.5, 0.6) is 0 Å². The molecule has 0 spiro atoms. The molecule has 1 aliphatic carbocycles. The van der Waals surface area contributed by atoms with E-state index in [2.05, 4.69) is 25.3 Å². The predicted octanol–water partition coefficient (Wildman–Crippen LogP) is 0.509. The topological polar surface area (TPSA) is 82.3 Å². The van der Waals surface area contributed by atoms with Crippen molar-refractivity contribution in [1.82, 2.24) is 20.2 Å². The van der Waals surface area contributed by atoms with Gasteiger partial charge in [-0.15, -0.1) is 5.10 Å². The van der Waals surface area contributed by atoms with E-state index < -0.39 is 17.7 Å². The summed E-state index contributed by atoms with van der Waals surface area (Å²) in [6.07, 6.45) is 5.47. The molecule has 8 heteroatoms. The van der Waals surface area contributed by atoms with E-state index in [1.54, 1.807) is 0 Å². The molecule has 2 aliphatic rings. The molecule has 0 fully saturated rings. The lowest BCUT2D eigenvalue weighted by molar-refractivity contribution is -0.136. The number of hydrogen-bond acceptors (Lipinski definition) is 6. The van der Waals surface area contributed by atoms with Gasteiger partial charge in [0.25, 0.3) is 0 Å². The van der Waals surface area contributed by atoms with Gasteiger partial charge in [-0.05, 0) is 28.7 Å². The van der Waals surface area contributed by atoms with Crippen LogP contribution in [0, 0.1) is 5.92 Å². The number of aliphatic imine (C=N–C) groups is 1. The van der Waals surface area contributed by atoms with Gasteiger partial charge in [0.05, 0.1) is 24.4 Å². The van der Waals surface area contributed by atoms with Gasteiger partial charge >= 0.3 is 5.97 Å². The zero-order valence-electron chi connectivity index (χ0n) is 9.82. The second-order valence-electron chi connectivity index (χ2n) is 3.88. The number of rotatable bonds is 2. The minimum Gasteiger partial charge on any atom is -0.464 e. The summed E-state index contributed by atoms with van der Waals surface area (Å²) < 4.78 is 19.3. The molecule has 0 unspecified atom stereocenters. The van der Waals surface area contributed by atoms with Crippen LogP contribution in [0.2, 0.25) is 0 Å². The number of carbonyl (C=O) groups is 1. The summed E-state index contributed by atoms with van der Waals surface area (Å²) in [5.74, 6) is -1.52. The third-order valence-electron chi connectivity index (χ3n) is 2.81. The van der Waals surface area contributed by atoms with Crippen LogP contribution in [0.4, 0.5) is 4.39 Å². The molecular weight excluding hydrogens is 253 g/mol. The number of hydrogen-bond donors (Lipinski definition) is 0. The summed E-state index contributed by atoms with van der Waals surface area (Å²) in [5.41, 5.74) is 1.00. The Labute approximate surface area is 106 Å². The molecule has 0 N–H and O–H groups in total. The van der Waals surface area contributed by atoms with Crippen molar-refractivity contribution in [2.75, 3.05) is 7.11 Å². The lowest BCUT2D eigenvalue weighted by Crippen LogP contribution is -2.16. The van der Waals surface area contributed by atoms with Gasteiger partial charge in [0.1, 0.15) is 12.2 Å². The van der Waals surface area contributed by atoms with Gasteiger partial charge in [-0.2, -0.15) is 0 Å². The second-order valence-corrected chi connectivity index (χ2v) is 3.88. The van der Waals surface area contributed by atoms with E-state index in [0.717, 1.165) is 0 Å². The van der Waals surface area contributed by atoms with Crippen molar-refractivity contribution >= 4 is 17.4 Å². The summed E-state index contributed by atoms with van der Waals surface area (Å²) in [5, 5.41) is 10.7. The Hall–Kier alpha value is -2.64. The highest BCUT2D eigenvalue weighted by atomic mass is 19.1. The van der Waals surface area contributed by atoms with Gasteiger partial charge in [0.2, 0.25) is 0 Å². The van der Waals surface area contributed by atoms with Gasteiger partial charge in [0, 0.05) is 0 Å². The van der Waals surface area contributed by atoms with Gasteiger partial charge < -0.3 is 4.74 Å². The molecular formula is C11H8FN5O2. The van der Waals surface area contributed by atoms with Crippen molar-refractivity contribution in [3.8, 4) is 0 Å². The minimum absolute atomic E-state index is 0.0744. The quantitative estimate of drug-likeness (QED) is 0.724. The maximum Gasteiger partial charge on any atom is 0.358 e. The van der Waals surface area contributed by atoms with Crippen LogP contribution in [0.1, 0.15) is 0 Å². The molecule has 0 amide bonds. The number of halogens is 1. The molecule has 1 aliphatic heterocycles. The number of aromatic nitrogens is 4. The normalized spacial score (nSPS) is 21.1. The Kier molecular flexibility index (Phi) is 2.55. The molecule has 7 nitrogen and oxygen atoms in total. The van der Waals surface area contributed by atoms with E-state index in [1.807, 2.05) is 0 Å². The molecule has 2 heterocycles. The van der Waals surface area contributed by atoms with Crippen LogP contribution in [0.3, 0.4) is 0 Å². The van der Waals surface area contributed by atoms with E-state index in [4.69, 9.17) is 0 Å². The number of methoxy groups -OCH3 is 1. The molecule has 0 aromatic carbocycles. The monoisotopic (exact) mass is 261 g/mol. The fourth-order valence-corrected chi connectivity index (χ4v) is 2.00. The molecule has 0 saturated heterocycles. The second kappa shape index (κ2) is 4.23. The number of allylic oxidation sites excluding steroid dienone is 5. The fourth-order valence-electron chi connectivity index (χ4n) is 2.00. The van der Waals surface area contributed by atoms with Crippen molar-refractivity contribution in [2.45, 2.75) is 0 Å². The Bertz CT molecular complexity index is 657. The van der Waals surface area contributed by atoms with Crippen LogP contribution in [-0.4, -0.2) is 39.0 Å². The lowest BCUT2D eigenvalue weighted by atomic mass is 9.96. The van der Waals surface area contributed by atoms with E-state index in [0.29, 0.717) is 11.4 Å². The van der Waals surface area contributed by atoms with Gasteiger partial charge in [-0.25, -0.2) is 18.9 Å². The highest BCUT2D eigenvalue weighted by Crippen LogP contribution is 2.34. The zero-order chi connectivity index (χ0) is 13.4. The maximum absolute atomic E-state index is 13.4. The van der Waals surface area contributed by atoms with Gasteiger partial charge in [0.15, 0.2) is 5.70 Å². The van der Waals surface area contributed by atoms with Crippen molar-refractivity contribution in [1.29, 1.82) is 0 Å². The van der Waals surface area contributed by atoms with Crippen LogP contribution < -0.4 is 0 Å². The van der Waals surface area contributed by atoms with Crippen molar-refractivity contribution in [2.24, 2.45) is 10.9 Å². The Balaban J connectivity index is 2.15. The zero-order valence-corrected chi connectivity index (χ0v) is 9.82. The first-order valence-corrected chi connectivity index (χ1v) is 5.40. The Morgan fingerprint density at radius 3 is 3.00 bits per heavy atom. The van der Waals surface area contributed by atoms with Gasteiger partial charge in [-0.3, -0.25) is 0 Å². The van der Waals surface area contributed by atoms with Crippen LogP contribution >= 0.6 is 0 Å². The third kappa shape index (κ3) is 1.77. The molecule has 1 aromatic heterocycles. The van der Waals surface area contributed by atoms with E-state index in [-0.39, 0.29) is 5.70 Å². The molecule has 96 valence electrons. The molecule has 3 rings (SSSR count). The fraction of sp³-hybridized carbons (Fsp3) is 0.182. The molecule has 1 aromatic rings. The standard InChI is InChI=1S/C11H8FN5O2/c1-19-11(18)9-10(17-5-13-15-16-17)7-4-6(12)2-3-8(7)14-9/h2-5,7H,1H3/t7-/m1/s1. The number of carbonyl (C=O) groups excluding carboxylic acids is 1. The van der Waals surface area contributed by atoms with Crippen LogP contribution in [-0.2, 0) is 9.53 Å². The molecule has 0 saturated carbocycles. The number of fused-ring (bicyclic) bond motifs is 1. The lowest BCUT2D eigenvalue weighted by Gasteiger charge is -2.13. The average Bonchev–Trinajstić information content (AvgIpc) is 3.03. The highest BCUT2D eigenvalue weighted by molar-refractivity contribution is 6.14. The van der Waals surface area contributed by atoms with E-state index >= 15 is 0 Å². The first-order valence-electron chi connectivity index (χ1n) is 5.40. The summed E-state index contributed by atoms with van der Waals surface area (Å²) in [7, 11) is 1.25. The number of nitrogens with zero attached hydrogens (tertiary/aromatic N) is 5. The molecule has 1 atom stereocenters. The first kappa shape index (κ1) is 11.5. The largest absolute Gasteiger partial charge is 0.464 e. The van der Waals surface area contributed by atoms with Crippen LogP contribution in [0.15, 0.2) is 41.1 Å². The number of tetrazole rings is 1. The molecule has 0 radical (unpaired) electrons. The number of ether oxygens (including phenoxy) is 1. The third-order valence-corrected chi connectivity index (χ3v) is 2.81. The minimum atomic E-state index is -0.616.